The maximum atomic E-state index is 12.9. The van der Waals surface area contributed by atoms with Gasteiger partial charge < -0.3 is 5.32 Å². The van der Waals surface area contributed by atoms with E-state index < -0.39 is 0 Å². The highest BCUT2D eigenvalue weighted by Gasteiger charge is 2.26. The second-order valence-corrected chi connectivity index (χ2v) is 9.09. The first-order valence-electron chi connectivity index (χ1n) is 10.6. The van der Waals surface area contributed by atoms with Crippen LogP contribution in [-0.4, -0.2) is 29.9 Å². The van der Waals surface area contributed by atoms with Gasteiger partial charge in [0, 0.05) is 33.8 Å². The van der Waals surface area contributed by atoms with Crippen LogP contribution in [0.25, 0.3) is 15.7 Å². The van der Waals surface area contributed by atoms with Gasteiger partial charge in [0.1, 0.15) is 5.00 Å². The molecule has 4 heteroatoms. The monoisotopic (exact) mass is 402 g/mol. The predicted molar refractivity (Wildman–Crippen MR) is 123 cm³/mol. The third-order valence-corrected chi connectivity index (χ3v) is 7.33. The summed E-state index contributed by atoms with van der Waals surface area (Å²) in [6, 6.07) is 18.7. The van der Waals surface area contributed by atoms with Crippen LogP contribution in [0.15, 0.2) is 60.7 Å². The van der Waals surface area contributed by atoms with Gasteiger partial charge in [-0.25, -0.2) is 0 Å². The maximum Gasteiger partial charge on any atom is 0.256 e. The van der Waals surface area contributed by atoms with Crippen LogP contribution >= 0.6 is 11.3 Å². The van der Waals surface area contributed by atoms with Crippen molar-refractivity contribution in [2.24, 2.45) is 0 Å². The first kappa shape index (κ1) is 18.6. The summed E-state index contributed by atoms with van der Waals surface area (Å²) in [6.45, 7) is 2.24. The molecule has 0 spiro atoms. The molecule has 2 aliphatic heterocycles. The molecule has 3 heterocycles. The van der Waals surface area contributed by atoms with E-state index >= 15 is 0 Å². The Bertz CT molecular complexity index is 1050. The summed E-state index contributed by atoms with van der Waals surface area (Å²) in [5, 5.41) is 5.46. The van der Waals surface area contributed by atoms with E-state index in [1.807, 2.05) is 30.3 Å². The summed E-state index contributed by atoms with van der Waals surface area (Å²) in [6.07, 6.45) is 8.70. The van der Waals surface area contributed by atoms with Crippen LogP contribution in [0.2, 0.25) is 0 Å². The number of amides is 1. The molecular weight excluding hydrogens is 376 g/mol. The molecule has 0 bridgehead atoms. The van der Waals surface area contributed by atoms with E-state index in [0.29, 0.717) is 11.6 Å². The Balaban J connectivity index is 1.51. The third kappa shape index (κ3) is 3.75. The molecule has 3 aromatic rings. The minimum Gasteiger partial charge on any atom is -0.313 e. The van der Waals surface area contributed by atoms with Gasteiger partial charge in [-0.05, 0) is 56.0 Å². The average molecular weight is 403 g/mol. The van der Waals surface area contributed by atoms with Crippen molar-refractivity contribution >= 4 is 37.9 Å². The first-order chi connectivity index (χ1) is 14.3. The van der Waals surface area contributed by atoms with Crippen LogP contribution in [0.1, 0.15) is 48.0 Å². The number of thiophene rings is 1. The second kappa shape index (κ2) is 8.13. The molecule has 1 fully saturated rings. The van der Waals surface area contributed by atoms with Crippen LogP contribution in [0.3, 0.4) is 0 Å². The van der Waals surface area contributed by atoms with Crippen molar-refractivity contribution in [1.29, 1.82) is 0 Å². The van der Waals surface area contributed by atoms with Crippen molar-refractivity contribution in [2.45, 2.75) is 38.1 Å². The lowest BCUT2D eigenvalue weighted by Crippen LogP contribution is -2.38. The van der Waals surface area contributed by atoms with Gasteiger partial charge in [-0.2, -0.15) is 0 Å². The molecular formula is C25H26N2OS. The maximum absolute atomic E-state index is 12.9. The van der Waals surface area contributed by atoms with E-state index in [1.165, 1.54) is 53.5 Å². The average Bonchev–Trinajstić information content (AvgIpc) is 2.99. The molecule has 1 aromatic heterocycles. The minimum atomic E-state index is -0.0370. The van der Waals surface area contributed by atoms with Crippen LogP contribution in [0.4, 0.5) is 5.00 Å². The van der Waals surface area contributed by atoms with Crippen molar-refractivity contribution in [1.82, 2.24) is 4.90 Å². The molecule has 2 aromatic carbocycles. The molecule has 0 aliphatic carbocycles. The van der Waals surface area contributed by atoms with E-state index in [9.17, 15) is 4.79 Å². The fourth-order valence-electron chi connectivity index (χ4n) is 4.72. The summed E-state index contributed by atoms with van der Waals surface area (Å²) in [7, 11) is 0. The fraction of sp³-hybridized carbons (Fsp3) is 0.320. The van der Waals surface area contributed by atoms with Gasteiger partial charge in [-0.3, -0.25) is 9.69 Å². The quantitative estimate of drug-likeness (QED) is 0.567. The van der Waals surface area contributed by atoms with Crippen molar-refractivity contribution in [3.05, 3.63) is 71.8 Å². The van der Waals surface area contributed by atoms with Crippen LogP contribution in [-0.2, 0) is 0 Å². The summed E-state index contributed by atoms with van der Waals surface area (Å²) in [4.78, 5) is 15.5. The van der Waals surface area contributed by atoms with Crippen molar-refractivity contribution in [3.63, 3.8) is 0 Å². The molecule has 2 aliphatic rings. The number of anilines is 1. The highest BCUT2D eigenvalue weighted by atomic mass is 32.1. The number of fused-ring (bicyclic) bond motifs is 2. The third-order valence-electron chi connectivity index (χ3n) is 6.25. The Morgan fingerprint density at radius 2 is 1.83 bits per heavy atom. The number of hydrogen-bond donors (Lipinski definition) is 1. The zero-order valence-corrected chi connectivity index (χ0v) is 17.4. The van der Waals surface area contributed by atoms with Crippen LogP contribution in [0.5, 0.6) is 0 Å². The number of piperidine rings is 1. The predicted octanol–water partition coefficient (Wildman–Crippen LogP) is 6.19. The largest absolute Gasteiger partial charge is 0.313 e. The second-order valence-electron chi connectivity index (χ2n) is 8.04. The Hall–Kier alpha value is -2.43. The number of nitrogens with one attached hydrogen (secondary N) is 1. The zero-order chi connectivity index (χ0) is 19.6. The summed E-state index contributed by atoms with van der Waals surface area (Å²) in [5.41, 5.74) is 3.32. The van der Waals surface area contributed by atoms with E-state index in [-0.39, 0.29) is 5.91 Å². The normalized spacial score (nSPS) is 20.0. The molecule has 1 atom stereocenters. The first-order valence-corrected chi connectivity index (χ1v) is 11.4. The molecule has 148 valence electrons. The highest BCUT2D eigenvalue weighted by molar-refractivity contribution is 7.23. The van der Waals surface area contributed by atoms with Gasteiger partial charge in [0.05, 0.1) is 0 Å². The molecule has 5 rings (SSSR count). The molecule has 29 heavy (non-hydrogen) atoms. The van der Waals surface area contributed by atoms with E-state index in [1.54, 1.807) is 11.3 Å². The summed E-state index contributed by atoms with van der Waals surface area (Å²) < 4.78 is 1.23. The van der Waals surface area contributed by atoms with Crippen LogP contribution in [0, 0.1) is 0 Å². The highest BCUT2D eigenvalue weighted by Crippen LogP contribution is 2.43. The van der Waals surface area contributed by atoms with Crippen molar-refractivity contribution < 1.29 is 4.79 Å². The number of allylic oxidation sites excluding steroid dienone is 1. The Morgan fingerprint density at radius 1 is 1.00 bits per heavy atom. The van der Waals surface area contributed by atoms with Crippen LogP contribution < -0.4 is 5.32 Å². The summed E-state index contributed by atoms with van der Waals surface area (Å²) >= 11 is 1.69. The number of benzene rings is 2. The number of carbonyl (C=O) groups excluding carboxylic acids is 1. The lowest BCUT2D eigenvalue weighted by atomic mass is 9.95. The number of rotatable bonds is 3. The topological polar surface area (TPSA) is 32.3 Å². The molecule has 1 saturated heterocycles. The Labute approximate surface area is 176 Å². The summed E-state index contributed by atoms with van der Waals surface area (Å²) in [5.74, 6) is -0.0370. The molecule has 1 amide bonds. The number of hydrogen-bond acceptors (Lipinski definition) is 3. The minimum absolute atomic E-state index is 0.0370. The van der Waals surface area contributed by atoms with Gasteiger partial charge in [0.15, 0.2) is 0 Å². The van der Waals surface area contributed by atoms with Crippen molar-refractivity contribution in [3.8, 4) is 0 Å². The SMILES string of the molecule is O=C(Nc1sc2ccccc2c1C1=CCN2CCCCC2CC1)c1ccccc1. The van der Waals surface area contributed by atoms with Gasteiger partial charge >= 0.3 is 0 Å². The van der Waals surface area contributed by atoms with Gasteiger partial charge in [-0.15, -0.1) is 11.3 Å². The van der Waals surface area contributed by atoms with Crippen molar-refractivity contribution in [2.75, 3.05) is 18.4 Å². The number of nitrogens with zero attached hydrogens (tertiary/aromatic N) is 1. The molecule has 1 unspecified atom stereocenters. The Morgan fingerprint density at radius 3 is 2.72 bits per heavy atom. The lowest BCUT2D eigenvalue weighted by Gasteiger charge is -2.33. The molecule has 0 saturated carbocycles. The van der Waals surface area contributed by atoms with Gasteiger partial charge in [0.2, 0.25) is 0 Å². The lowest BCUT2D eigenvalue weighted by molar-refractivity contribution is 0.102. The zero-order valence-electron chi connectivity index (χ0n) is 16.6. The smallest absolute Gasteiger partial charge is 0.256 e. The Kier molecular flexibility index (Phi) is 5.21. The van der Waals surface area contributed by atoms with Gasteiger partial charge in [0.25, 0.3) is 5.91 Å². The number of carbonyl (C=O) groups is 1. The fourth-order valence-corrected chi connectivity index (χ4v) is 5.86. The van der Waals surface area contributed by atoms with Gasteiger partial charge in [-0.1, -0.05) is 48.9 Å². The molecule has 1 N–H and O–H groups in total. The van der Waals surface area contributed by atoms with E-state index in [2.05, 4.69) is 40.6 Å². The standard InChI is InChI=1S/C25H26N2OS/c28-24(19-8-2-1-3-9-19)26-25-23(21-11-4-5-12-22(21)29-25)18-13-14-20-10-6-7-16-27(20)17-15-18/h1-5,8-9,11-12,15,20H,6-7,10,13-14,16-17H2,(H,26,28). The molecule has 3 nitrogen and oxygen atoms in total. The molecule has 0 radical (unpaired) electrons. The van der Waals surface area contributed by atoms with E-state index in [4.69, 9.17) is 0 Å². The van der Waals surface area contributed by atoms with E-state index in [0.717, 1.165) is 18.0 Å².